The molecule has 0 spiro atoms. The maximum Gasteiger partial charge on any atom is 0.305 e. The molecule has 0 aliphatic heterocycles. The van der Waals surface area contributed by atoms with Crippen molar-refractivity contribution in [3.63, 3.8) is 0 Å². The molecule has 0 saturated heterocycles. The first kappa shape index (κ1) is 80.8. The standard InChI is InChI=1S/C77H145NO5/c1-3-5-7-9-11-13-15-17-19-21-39-43-47-51-55-59-63-67-71-77(82)83-72-68-64-60-56-52-48-44-40-36-34-32-30-28-26-24-22-23-25-27-29-31-33-35-38-42-46-50-54-58-62-66-70-76(81)78-74(73-79)75(80)69-65-61-57-53-49-45-41-37-20-18-16-14-12-10-8-6-4-2/h19,21,24,26,30,32,65,69,74-75,79-80H,3-18,20,22-23,25,27-29,31,33-64,66-68,70-73H2,1-2H3,(H,78,81)/b21-19-,26-24-,32-30-,69-65+. The van der Waals surface area contributed by atoms with E-state index in [0.717, 1.165) is 51.4 Å². The molecule has 3 N–H and O–H groups in total. The monoisotopic (exact) mass is 1160 g/mol. The number of aliphatic hydroxyl groups is 2. The van der Waals surface area contributed by atoms with E-state index in [-0.39, 0.29) is 18.5 Å². The Kier molecular flexibility index (Phi) is 70.4. The summed E-state index contributed by atoms with van der Waals surface area (Å²) >= 11 is 0. The van der Waals surface area contributed by atoms with Crippen LogP contribution in [0.4, 0.5) is 0 Å². The summed E-state index contributed by atoms with van der Waals surface area (Å²) in [7, 11) is 0. The van der Waals surface area contributed by atoms with Gasteiger partial charge < -0.3 is 20.3 Å². The first-order chi connectivity index (χ1) is 41.0. The average Bonchev–Trinajstić information content (AvgIpc) is 3.48. The molecule has 6 heteroatoms. The number of rotatable bonds is 70. The number of esters is 1. The summed E-state index contributed by atoms with van der Waals surface area (Å²) in [5.41, 5.74) is 0. The van der Waals surface area contributed by atoms with Crippen LogP contribution in [-0.4, -0.2) is 47.4 Å². The van der Waals surface area contributed by atoms with E-state index in [9.17, 15) is 19.8 Å². The number of hydrogen-bond donors (Lipinski definition) is 3. The Hall–Kier alpha value is -2.18. The Morgan fingerprint density at radius 1 is 0.337 bits per heavy atom. The van der Waals surface area contributed by atoms with E-state index in [4.69, 9.17) is 4.74 Å². The van der Waals surface area contributed by atoms with Crippen LogP contribution in [0.1, 0.15) is 406 Å². The molecule has 0 fully saturated rings. The number of carbonyl (C=O) groups is 2. The predicted octanol–water partition coefficient (Wildman–Crippen LogP) is 24.4. The molecule has 0 bridgehead atoms. The number of ether oxygens (including phenoxy) is 1. The normalized spacial score (nSPS) is 12.8. The van der Waals surface area contributed by atoms with Crippen molar-refractivity contribution in [3.05, 3.63) is 48.6 Å². The van der Waals surface area contributed by atoms with Crippen LogP contribution in [0.15, 0.2) is 48.6 Å². The van der Waals surface area contributed by atoms with Crippen LogP contribution in [0.2, 0.25) is 0 Å². The van der Waals surface area contributed by atoms with E-state index in [1.54, 1.807) is 6.08 Å². The second-order valence-electron chi connectivity index (χ2n) is 25.6. The number of aliphatic hydroxyl groups excluding tert-OH is 2. The number of allylic oxidation sites excluding steroid dienone is 7. The molecule has 488 valence electrons. The van der Waals surface area contributed by atoms with Crippen molar-refractivity contribution < 1.29 is 24.5 Å². The smallest absolute Gasteiger partial charge is 0.305 e. The first-order valence-electron chi connectivity index (χ1n) is 37.4. The van der Waals surface area contributed by atoms with E-state index in [2.05, 4.69) is 55.6 Å². The van der Waals surface area contributed by atoms with Gasteiger partial charge >= 0.3 is 5.97 Å². The Morgan fingerprint density at radius 3 is 0.928 bits per heavy atom. The molecule has 83 heavy (non-hydrogen) atoms. The third-order valence-corrected chi connectivity index (χ3v) is 17.3. The highest BCUT2D eigenvalue weighted by atomic mass is 16.5. The first-order valence-corrected chi connectivity index (χ1v) is 37.4. The van der Waals surface area contributed by atoms with Crippen LogP contribution < -0.4 is 5.32 Å². The maximum atomic E-state index is 12.5. The summed E-state index contributed by atoms with van der Waals surface area (Å²) < 4.78 is 5.50. The summed E-state index contributed by atoms with van der Waals surface area (Å²) in [6.07, 6.45) is 94.9. The SMILES string of the molecule is CCCCCCCCC/C=C\CCCCCCCCCC(=O)OCCCCCCCCCCC/C=C\C/C=C\CCCCCCCCCCCCCCCCCC(=O)NC(CO)C(O)/C=C/CCCCCCCCCCCCCCCCC. The van der Waals surface area contributed by atoms with Crippen molar-refractivity contribution in [2.24, 2.45) is 0 Å². The van der Waals surface area contributed by atoms with Crippen LogP contribution in [0.5, 0.6) is 0 Å². The largest absolute Gasteiger partial charge is 0.466 e. The van der Waals surface area contributed by atoms with Gasteiger partial charge in [-0.15, -0.1) is 0 Å². The summed E-state index contributed by atoms with van der Waals surface area (Å²) in [5, 5.41) is 23.2. The third-order valence-electron chi connectivity index (χ3n) is 17.3. The number of unbranched alkanes of at least 4 members (excludes halogenated alkanes) is 53. The van der Waals surface area contributed by atoms with Gasteiger partial charge in [0.05, 0.1) is 25.4 Å². The van der Waals surface area contributed by atoms with Crippen LogP contribution in [-0.2, 0) is 14.3 Å². The van der Waals surface area contributed by atoms with Gasteiger partial charge in [0.1, 0.15) is 0 Å². The molecule has 2 unspecified atom stereocenters. The van der Waals surface area contributed by atoms with Gasteiger partial charge in [0.25, 0.3) is 0 Å². The van der Waals surface area contributed by atoms with Crippen molar-refractivity contribution >= 4 is 11.9 Å². The molecular weight excluding hydrogens is 1020 g/mol. The topological polar surface area (TPSA) is 95.9 Å². The number of carbonyl (C=O) groups excluding carboxylic acids is 2. The zero-order valence-electron chi connectivity index (χ0n) is 55.9. The lowest BCUT2D eigenvalue weighted by Gasteiger charge is -2.20. The summed E-state index contributed by atoms with van der Waals surface area (Å²) in [4.78, 5) is 24.6. The van der Waals surface area contributed by atoms with Crippen LogP contribution in [0.3, 0.4) is 0 Å². The molecule has 0 radical (unpaired) electrons. The van der Waals surface area contributed by atoms with Crippen LogP contribution in [0, 0.1) is 0 Å². The van der Waals surface area contributed by atoms with E-state index in [1.165, 1.54) is 327 Å². The van der Waals surface area contributed by atoms with Gasteiger partial charge in [-0.25, -0.2) is 0 Å². The Labute approximate surface area is 518 Å². The van der Waals surface area contributed by atoms with Crippen LogP contribution >= 0.6 is 0 Å². The van der Waals surface area contributed by atoms with Crippen LogP contribution in [0.25, 0.3) is 0 Å². The zero-order valence-corrected chi connectivity index (χ0v) is 55.9. The minimum atomic E-state index is -0.845. The lowest BCUT2D eigenvalue weighted by Crippen LogP contribution is -2.45. The Balaban J connectivity index is 3.40. The Bertz CT molecular complexity index is 1390. The molecule has 0 rings (SSSR count). The van der Waals surface area contributed by atoms with Crippen molar-refractivity contribution in [3.8, 4) is 0 Å². The fraction of sp³-hybridized carbons (Fsp3) is 0.870. The predicted molar refractivity (Wildman–Crippen MR) is 366 cm³/mol. The Morgan fingerprint density at radius 2 is 0.602 bits per heavy atom. The minimum absolute atomic E-state index is 0.0103. The van der Waals surface area contributed by atoms with Crippen molar-refractivity contribution in [1.29, 1.82) is 0 Å². The number of nitrogens with one attached hydrogen (secondary N) is 1. The van der Waals surface area contributed by atoms with Gasteiger partial charge in [-0.2, -0.15) is 0 Å². The molecule has 0 aromatic heterocycles. The van der Waals surface area contributed by atoms with E-state index < -0.39 is 12.1 Å². The van der Waals surface area contributed by atoms with Gasteiger partial charge in [-0.05, 0) is 89.9 Å². The lowest BCUT2D eigenvalue weighted by molar-refractivity contribution is -0.143. The highest BCUT2D eigenvalue weighted by Crippen LogP contribution is 2.18. The molecule has 6 nitrogen and oxygen atoms in total. The van der Waals surface area contributed by atoms with Crippen molar-refractivity contribution in [2.75, 3.05) is 13.2 Å². The summed E-state index contributed by atoms with van der Waals surface area (Å²) in [6.45, 7) is 4.93. The van der Waals surface area contributed by atoms with E-state index in [1.807, 2.05) is 6.08 Å². The van der Waals surface area contributed by atoms with Gasteiger partial charge in [0.2, 0.25) is 5.91 Å². The van der Waals surface area contributed by atoms with E-state index >= 15 is 0 Å². The zero-order chi connectivity index (χ0) is 59.9. The van der Waals surface area contributed by atoms with Crippen molar-refractivity contribution in [1.82, 2.24) is 5.32 Å². The van der Waals surface area contributed by atoms with Gasteiger partial charge in [-0.3, -0.25) is 9.59 Å². The van der Waals surface area contributed by atoms with Crippen molar-refractivity contribution in [2.45, 2.75) is 418 Å². The number of hydrogen-bond acceptors (Lipinski definition) is 5. The van der Waals surface area contributed by atoms with E-state index in [0.29, 0.717) is 19.4 Å². The fourth-order valence-electron chi connectivity index (χ4n) is 11.6. The van der Waals surface area contributed by atoms with Gasteiger partial charge in [-0.1, -0.05) is 351 Å². The molecule has 0 aliphatic carbocycles. The molecular formula is C77H145NO5. The highest BCUT2D eigenvalue weighted by Gasteiger charge is 2.18. The summed E-state index contributed by atoms with van der Waals surface area (Å²) in [5.74, 6) is -0.0544. The van der Waals surface area contributed by atoms with Gasteiger partial charge in [0, 0.05) is 12.8 Å². The lowest BCUT2D eigenvalue weighted by atomic mass is 10.0. The number of amides is 1. The average molecular weight is 1170 g/mol. The summed E-state index contributed by atoms with van der Waals surface area (Å²) in [6, 6.07) is -0.628. The molecule has 0 aromatic carbocycles. The molecule has 0 aliphatic rings. The molecule has 0 heterocycles. The second-order valence-corrected chi connectivity index (χ2v) is 25.6. The highest BCUT2D eigenvalue weighted by molar-refractivity contribution is 5.76. The maximum absolute atomic E-state index is 12.5. The minimum Gasteiger partial charge on any atom is -0.466 e. The third kappa shape index (κ3) is 68.8. The second kappa shape index (κ2) is 72.3. The molecule has 0 aromatic rings. The quantitative estimate of drug-likeness (QED) is 0.0320. The molecule has 1 amide bonds. The molecule has 2 atom stereocenters. The molecule has 0 saturated carbocycles. The fourth-order valence-corrected chi connectivity index (χ4v) is 11.6. The van der Waals surface area contributed by atoms with Gasteiger partial charge in [0.15, 0.2) is 0 Å².